The Morgan fingerprint density at radius 3 is 1.67 bits per heavy atom. The van der Waals surface area contributed by atoms with E-state index in [-0.39, 0.29) is 5.79 Å². The maximum Gasteiger partial charge on any atom is 0.0696 e. The molecule has 0 atom stereocenters. The summed E-state index contributed by atoms with van der Waals surface area (Å²) in [5.41, 5.74) is 0. The molecule has 0 fully saturated rings. The van der Waals surface area contributed by atoms with Crippen molar-refractivity contribution in [3.05, 3.63) is 0 Å². The van der Waals surface area contributed by atoms with Gasteiger partial charge in [-0.25, -0.2) is 0 Å². The summed E-state index contributed by atoms with van der Waals surface area (Å²) >= 11 is 0. The molecule has 0 aliphatic rings. The predicted molar refractivity (Wildman–Crippen MR) is 27.7 cm³/mol. The molecule has 0 aliphatic carbocycles. The van der Waals surface area contributed by atoms with Gasteiger partial charge in [-0.3, -0.25) is 0 Å². The van der Waals surface area contributed by atoms with Crippen molar-refractivity contribution in [1.29, 1.82) is 0 Å². The maximum atomic E-state index is 3.30. The quantitative estimate of drug-likeness (QED) is 0.340. The standard InChI is InChI=1S/C3H9N2Si/c1-4-3(6)5-2/h3-5H,1-2H3. The van der Waals surface area contributed by atoms with Crippen LogP contribution < -0.4 is 10.6 Å². The van der Waals surface area contributed by atoms with Gasteiger partial charge in [-0.15, -0.1) is 0 Å². The maximum absolute atomic E-state index is 3.30. The molecule has 0 aromatic rings. The van der Waals surface area contributed by atoms with Crippen LogP contribution in [0.3, 0.4) is 0 Å². The van der Waals surface area contributed by atoms with Crippen molar-refractivity contribution in [1.82, 2.24) is 10.6 Å². The third-order valence-electron chi connectivity index (χ3n) is 0.577. The molecule has 0 unspecified atom stereocenters. The van der Waals surface area contributed by atoms with E-state index in [4.69, 9.17) is 0 Å². The Morgan fingerprint density at radius 2 is 1.67 bits per heavy atom. The molecule has 0 aromatic carbocycles. The zero-order valence-electron chi connectivity index (χ0n) is 4.08. The highest BCUT2D eigenvalue weighted by atomic mass is 28.1. The molecule has 0 spiro atoms. The topological polar surface area (TPSA) is 24.1 Å². The van der Waals surface area contributed by atoms with E-state index in [2.05, 4.69) is 20.9 Å². The van der Waals surface area contributed by atoms with Gasteiger partial charge >= 0.3 is 0 Å². The molecule has 6 heavy (non-hydrogen) atoms. The van der Waals surface area contributed by atoms with Gasteiger partial charge in [-0.05, 0) is 14.1 Å². The van der Waals surface area contributed by atoms with E-state index in [9.17, 15) is 0 Å². The van der Waals surface area contributed by atoms with Crippen LogP contribution in [0.1, 0.15) is 0 Å². The third-order valence-corrected chi connectivity index (χ3v) is 1.15. The fourth-order valence-corrected chi connectivity index (χ4v) is 0.144. The van der Waals surface area contributed by atoms with Gasteiger partial charge < -0.3 is 10.6 Å². The second-order valence-electron chi connectivity index (χ2n) is 1.01. The molecule has 0 heterocycles. The Labute approximate surface area is 41.7 Å². The monoisotopic (exact) mass is 101 g/mol. The molecule has 0 aliphatic heterocycles. The van der Waals surface area contributed by atoms with Crippen molar-refractivity contribution >= 4 is 10.2 Å². The van der Waals surface area contributed by atoms with Crippen LogP contribution in [0.4, 0.5) is 0 Å². The van der Waals surface area contributed by atoms with Crippen molar-refractivity contribution in [3.8, 4) is 0 Å². The van der Waals surface area contributed by atoms with Crippen LogP contribution in [-0.4, -0.2) is 30.1 Å². The summed E-state index contributed by atoms with van der Waals surface area (Å²) in [5.74, 6) is 0.241. The minimum absolute atomic E-state index is 0.241. The lowest BCUT2D eigenvalue weighted by atomic mass is 11.0. The Morgan fingerprint density at radius 1 is 1.33 bits per heavy atom. The molecule has 0 rings (SSSR count). The second-order valence-corrected chi connectivity index (χ2v) is 1.59. The first-order chi connectivity index (χ1) is 2.81. The van der Waals surface area contributed by atoms with Gasteiger partial charge in [-0.1, -0.05) is 0 Å². The second kappa shape index (κ2) is 3.33. The Kier molecular flexibility index (Phi) is 3.41. The van der Waals surface area contributed by atoms with Crippen LogP contribution in [-0.2, 0) is 0 Å². The van der Waals surface area contributed by atoms with E-state index in [0.717, 1.165) is 0 Å². The fraction of sp³-hybridized carbons (Fsp3) is 1.00. The predicted octanol–water partition coefficient (Wildman–Crippen LogP) is -1.12. The van der Waals surface area contributed by atoms with Gasteiger partial charge in [0.05, 0.1) is 10.2 Å². The van der Waals surface area contributed by atoms with E-state index >= 15 is 0 Å². The summed E-state index contributed by atoms with van der Waals surface area (Å²) in [6.07, 6.45) is 0. The summed E-state index contributed by atoms with van der Waals surface area (Å²) < 4.78 is 0. The SMILES string of the molecule is CNC([Si])NC. The molecular weight excluding hydrogens is 92.1 g/mol. The first-order valence-corrected chi connectivity index (χ1v) is 2.44. The van der Waals surface area contributed by atoms with Crippen LogP contribution in [0, 0.1) is 0 Å². The molecule has 2 N–H and O–H groups in total. The highest BCUT2D eigenvalue weighted by Crippen LogP contribution is 1.53. The van der Waals surface area contributed by atoms with Gasteiger partial charge in [-0.2, -0.15) is 0 Å². The molecule has 0 saturated heterocycles. The molecule has 2 nitrogen and oxygen atoms in total. The molecule has 35 valence electrons. The largest absolute Gasteiger partial charge is 0.308 e. The first-order valence-electron chi connectivity index (χ1n) is 1.87. The molecule has 3 heteroatoms. The number of hydrogen-bond acceptors (Lipinski definition) is 2. The smallest absolute Gasteiger partial charge is 0.0696 e. The minimum atomic E-state index is 0.241. The molecule has 0 saturated carbocycles. The number of hydrogen-bond donors (Lipinski definition) is 2. The zero-order chi connectivity index (χ0) is 4.99. The lowest BCUT2D eigenvalue weighted by molar-refractivity contribution is 0.643. The Hall–Kier alpha value is 0.137. The van der Waals surface area contributed by atoms with Gasteiger partial charge in [0, 0.05) is 5.79 Å². The third kappa shape index (κ3) is 2.38. The van der Waals surface area contributed by atoms with E-state index in [1.165, 1.54) is 0 Å². The molecule has 0 aromatic heterocycles. The van der Waals surface area contributed by atoms with Crippen LogP contribution in [0.15, 0.2) is 0 Å². The Bertz CT molecular complexity index is 28.0. The minimum Gasteiger partial charge on any atom is -0.308 e. The normalized spacial score (nSPS) is 10.0. The lowest BCUT2D eigenvalue weighted by Gasteiger charge is -2.04. The van der Waals surface area contributed by atoms with Crippen LogP contribution in [0.2, 0.25) is 0 Å². The molecular formula is C3H9N2Si. The molecule has 0 bridgehead atoms. The van der Waals surface area contributed by atoms with Crippen LogP contribution in [0.25, 0.3) is 0 Å². The van der Waals surface area contributed by atoms with Crippen molar-refractivity contribution in [2.45, 2.75) is 5.79 Å². The molecule has 3 radical (unpaired) electrons. The molecule has 0 amide bonds. The van der Waals surface area contributed by atoms with Crippen molar-refractivity contribution < 1.29 is 0 Å². The van der Waals surface area contributed by atoms with Gasteiger partial charge in [0.1, 0.15) is 0 Å². The van der Waals surface area contributed by atoms with Gasteiger partial charge in [0.15, 0.2) is 0 Å². The highest BCUT2D eigenvalue weighted by molar-refractivity contribution is 6.11. The summed E-state index contributed by atoms with van der Waals surface area (Å²) in [6, 6.07) is 0. The fourth-order valence-electron chi connectivity index (χ4n) is 0.144. The van der Waals surface area contributed by atoms with Crippen LogP contribution >= 0.6 is 0 Å². The van der Waals surface area contributed by atoms with Gasteiger partial charge in [0.2, 0.25) is 0 Å². The first kappa shape index (κ1) is 6.14. The average molecular weight is 101 g/mol. The van der Waals surface area contributed by atoms with Crippen LogP contribution in [0.5, 0.6) is 0 Å². The van der Waals surface area contributed by atoms with Gasteiger partial charge in [0.25, 0.3) is 0 Å². The summed E-state index contributed by atoms with van der Waals surface area (Å²) in [4.78, 5) is 0. The average Bonchev–Trinajstić information content (AvgIpc) is 1.65. The summed E-state index contributed by atoms with van der Waals surface area (Å²) in [7, 11) is 7.04. The Balaban J connectivity index is 2.75. The number of rotatable bonds is 2. The summed E-state index contributed by atoms with van der Waals surface area (Å²) in [6.45, 7) is 0. The summed E-state index contributed by atoms with van der Waals surface area (Å²) in [5, 5.41) is 5.83. The van der Waals surface area contributed by atoms with E-state index in [1.54, 1.807) is 0 Å². The zero-order valence-corrected chi connectivity index (χ0v) is 5.08. The number of nitrogens with one attached hydrogen (secondary N) is 2. The van der Waals surface area contributed by atoms with E-state index in [1.807, 2.05) is 14.1 Å². The van der Waals surface area contributed by atoms with E-state index < -0.39 is 0 Å². The van der Waals surface area contributed by atoms with E-state index in [0.29, 0.717) is 0 Å². The van der Waals surface area contributed by atoms with Crippen molar-refractivity contribution in [3.63, 3.8) is 0 Å². The highest BCUT2D eigenvalue weighted by Gasteiger charge is 1.84. The lowest BCUT2D eigenvalue weighted by Crippen LogP contribution is -2.37. The van der Waals surface area contributed by atoms with Crippen molar-refractivity contribution in [2.24, 2.45) is 0 Å². The van der Waals surface area contributed by atoms with Crippen molar-refractivity contribution in [2.75, 3.05) is 14.1 Å².